The van der Waals surface area contributed by atoms with Gasteiger partial charge in [-0.15, -0.1) is 0 Å². The van der Waals surface area contributed by atoms with Crippen molar-refractivity contribution in [2.45, 2.75) is 70.6 Å². The van der Waals surface area contributed by atoms with Crippen LogP contribution in [-0.4, -0.2) is 42.0 Å². The summed E-state index contributed by atoms with van der Waals surface area (Å²) in [5.41, 5.74) is 2.02. The van der Waals surface area contributed by atoms with Gasteiger partial charge in [0.25, 0.3) is 0 Å². The Labute approximate surface area is 151 Å². The van der Waals surface area contributed by atoms with Gasteiger partial charge in [-0.3, -0.25) is 4.90 Å². The van der Waals surface area contributed by atoms with E-state index in [1.54, 1.807) is 0 Å². The molecule has 0 amide bonds. The summed E-state index contributed by atoms with van der Waals surface area (Å²) in [5.74, 6) is 1.99. The SMILES string of the molecule is C=C1[C@H]2CC[C@@]3(CC[C@@H]4C5(C)CCC[C@@]4(C4OCCN4C5)[C@@H]3C2)[C@@H]1O. The van der Waals surface area contributed by atoms with Gasteiger partial charge in [-0.1, -0.05) is 19.9 Å². The van der Waals surface area contributed by atoms with Crippen molar-refractivity contribution in [1.82, 2.24) is 4.90 Å². The summed E-state index contributed by atoms with van der Waals surface area (Å²) in [6, 6.07) is 0. The van der Waals surface area contributed by atoms with Crippen LogP contribution in [-0.2, 0) is 4.74 Å². The maximum atomic E-state index is 11.3. The minimum atomic E-state index is -0.259. The van der Waals surface area contributed by atoms with Crippen LogP contribution in [0.3, 0.4) is 0 Å². The third kappa shape index (κ3) is 1.62. The number of piperidine rings is 1. The molecule has 4 bridgehead atoms. The molecular formula is C22H33NO2. The molecule has 1 N–H and O–H groups in total. The molecule has 5 aliphatic carbocycles. The molecular weight excluding hydrogens is 310 g/mol. The van der Waals surface area contributed by atoms with Crippen LogP contribution >= 0.6 is 0 Å². The van der Waals surface area contributed by atoms with E-state index in [1.807, 2.05) is 0 Å². The van der Waals surface area contributed by atoms with Crippen LogP contribution in [0.1, 0.15) is 58.3 Å². The first kappa shape index (κ1) is 15.7. The quantitative estimate of drug-likeness (QED) is 0.683. The third-order valence-corrected chi connectivity index (χ3v) is 10.00. The van der Waals surface area contributed by atoms with Crippen LogP contribution in [0.4, 0.5) is 0 Å². The standard InChI is InChI=1S/C22H33NO2/c1-14-15-4-8-21(18(14)24)9-5-16-20(2)6-3-7-22(16,17(21)12-15)19-23(13-20)10-11-25-19/h15-19,24H,1,3-13H2,2H3/t15-,16+,17+,18+,19?,20?,21-,22-/m0/s1. The van der Waals surface area contributed by atoms with E-state index in [0.29, 0.717) is 28.9 Å². The smallest absolute Gasteiger partial charge is 0.117 e. The zero-order valence-electron chi connectivity index (χ0n) is 15.7. The number of hydrogen-bond donors (Lipinski definition) is 1. The Morgan fingerprint density at radius 3 is 2.88 bits per heavy atom. The summed E-state index contributed by atoms with van der Waals surface area (Å²) in [5, 5.41) is 11.3. The van der Waals surface area contributed by atoms with Gasteiger partial charge in [0.2, 0.25) is 0 Å². The van der Waals surface area contributed by atoms with E-state index in [9.17, 15) is 5.11 Å². The molecule has 2 heterocycles. The molecule has 8 atom stereocenters. The van der Waals surface area contributed by atoms with E-state index < -0.39 is 0 Å². The van der Waals surface area contributed by atoms with Crippen molar-refractivity contribution in [3.8, 4) is 0 Å². The summed E-state index contributed by atoms with van der Waals surface area (Å²) in [4.78, 5) is 2.69. The molecule has 0 aromatic carbocycles. The lowest BCUT2D eigenvalue weighted by molar-refractivity contribution is -0.290. The topological polar surface area (TPSA) is 32.7 Å². The second kappa shape index (κ2) is 4.72. The Bertz CT molecular complexity index is 634. The highest BCUT2D eigenvalue weighted by atomic mass is 16.5. The minimum absolute atomic E-state index is 0.107. The van der Waals surface area contributed by atoms with E-state index in [4.69, 9.17) is 4.74 Å². The highest BCUT2D eigenvalue weighted by Crippen LogP contribution is 2.75. The summed E-state index contributed by atoms with van der Waals surface area (Å²) < 4.78 is 6.49. The molecule has 3 nitrogen and oxygen atoms in total. The maximum absolute atomic E-state index is 11.3. The van der Waals surface area contributed by atoms with Crippen molar-refractivity contribution < 1.29 is 9.84 Å². The second-order valence-electron chi connectivity index (χ2n) is 10.6. The van der Waals surface area contributed by atoms with Crippen molar-refractivity contribution in [3.63, 3.8) is 0 Å². The number of aliphatic hydroxyl groups is 1. The lowest BCUT2D eigenvalue weighted by Gasteiger charge is -2.73. The normalized spacial score (nSPS) is 60.1. The number of fused-ring (bicyclic) bond motifs is 3. The predicted molar refractivity (Wildman–Crippen MR) is 96.8 cm³/mol. The third-order valence-electron chi connectivity index (χ3n) is 10.00. The van der Waals surface area contributed by atoms with E-state index in [0.717, 1.165) is 24.6 Å². The predicted octanol–water partition coefficient (Wildman–Crippen LogP) is 3.58. The lowest BCUT2D eigenvalue weighted by Crippen LogP contribution is -2.73. The van der Waals surface area contributed by atoms with Gasteiger partial charge in [-0.25, -0.2) is 0 Å². The Balaban J connectivity index is 1.53. The fourth-order valence-corrected chi connectivity index (χ4v) is 9.23. The zero-order chi connectivity index (χ0) is 17.0. The molecule has 2 aliphatic heterocycles. The van der Waals surface area contributed by atoms with Crippen LogP contribution in [0.5, 0.6) is 0 Å². The second-order valence-corrected chi connectivity index (χ2v) is 10.6. The van der Waals surface area contributed by atoms with Gasteiger partial charge in [0.15, 0.2) is 0 Å². The molecule has 3 heteroatoms. The largest absolute Gasteiger partial charge is 0.388 e. The molecule has 7 rings (SSSR count). The number of hydrogen-bond acceptors (Lipinski definition) is 3. The molecule has 7 fully saturated rings. The van der Waals surface area contributed by atoms with Crippen LogP contribution in [0.2, 0.25) is 0 Å². The van der Waals surface area contributed by atoms with Crippen LogP contribution < -0.4 is 0 Å². The van der Waals surface area contributed by atoms with Crippen molar-refractivity contribution >= 4 is 0 Å². The lowest BCUT2D eigenvalue weighted by atomic mass is 9.34. The van der Waals surface area contributed by atoms with Gasteiger partial charge in [0, 0.05) is 23.9 Å². The van der Waals surface area contributed by atoms with Gasteiger partial charge >= 0.3 is 0 Å². The van der Waals surface area contributed by atoms with E-state index in [-0.39, 0.29) is 11.5 Å². The molecule has 2 saturated heterocycles. The van der Waals surface area contributed by atoms with Crippen molar-refractivity contribution in [2.75, 3.05) is 19.7 Å². The fraction of sp³-hybridized carbons (Fsp3) is 0.909. The van der Waals surface area contributed by atoms with Gasteiger partial charge in [-0.2, -0.15) is 0 Å². The molecule has 5 saturated carbocycles. The van der Waals surface area contributed by atoms with Crippen LogP contribution in [0, 0.1) is 34.0 Å². The summed E-state index contributed by atoms with van der Waals surface area (Å²) >= 11 is 0. The molecule has 25 heavy (non-hydrogen) atoms. The fourth-order valence-electron chi connectivity index (χ4n) is 9.23. The van der Waals surface area contributed by atoms with Crippen LogP contribution in [0.25, 0.3) is 0 Å². The first-order chi connectivity index (χ1) is 12.0. The average molecular weight is 344 g/mol. The molecule has 0 aromatic rings. The van der Waals surface area contributed by atoms with Crippen molar-refractivity contribution in [2.24, 2.45) is 34.0 Å². The summed E-state index contributed by atoms with van der Waals surface area (Å²) in [7, 11) is 0. The van der Waals surface area contributed by atoms with E-state index in [1.165, 1.54) is 57.9 Å². The van der Waals surface area contributed by atoms with Crippen LogP contribution in [0.15, 0.2) is 12.2 Å². The Morgan fingerprint density at radius 1 is 1.16 bits per heavy atom. The first-order valence-corrected chi connectivity index (χ1v) is 10.7. The Hall–Kier alpha value is -0.380. The van der Waals surface area contributed by atoms with E-state index >= 15 is 0 Å². The minimum Gasteiger partial charge on any atom is -0.388 e. The average Bonchev–Trinajstić information content (AvgIpc) is 3.06. The van der Waals surface area contributed by atoms with Crippen molar-refractivity contribution in [1.29, 1.82) is 0 Å². The highest BCUT2D eigenvalue weighted by molar-refractivity contribution is 5.28. The maximum Gasteiger partial charge on any atom is 0.117 e. The molecule has 2 unspecified atom stereocenters. The molecule has 0 radical (unpaired) electrons. The van der Waals surface area contributed by atoms with Gasteiger partial charge in [-0.05, 0) is 73.7 Å². The monoisotopic (exact) mass is 343 g/mol. The summed E-state index contributed by atoms with van der Waals surface area (Å²) in [6.45, 7) is 10.2. The number of rotatable bonds is 0. The molecule has 7 aliphatic rings. The van der Waals surface area contributed by atoms with E-state index in [2.05, 4.69) is 18.4 Å². The molecule has 1 spiro atoms. The summed E-state index contributed by atoms with van der Waals surface area (Å²) in [6.07, 6.45) is 10.4. The van der Waals surface area contributed by atoms with Gasteiger partial charge in [0.1, 0.15) is 6.23 Å². The molecule has 0 aromatic heterocycles. The Kier molecular flexibility index (Phi) is 2.95. The number of ether oxygens (including phenoxy) is 1. The van der Waals surface area contributed by atoms with Crippen molar-refractivity contribution in [3.05, 3.63) is 12.2 Å². The highest BCUT2D eigenvalue weighted by Gasteiger charge is 2.73. The molecule has 138 valence electrons. The number of aliphatic hydroxyl groups excluding tert-OH is 1. The van der Waals surface area contributed by atoms with Gasteiger partial charge < -0.3 is 9.84 Å². The van der Waals surface area contributed by atoms with Gasteiger partial charge in [0.05, 0.1) is 12.7 Å². The first-order valence-electron chi connectivity index (χ1n) is 10.7. The Morgan fingerprint density at radius 2 is 2.00 bits per heavy atom. The number of nitrogens with zero attached hydrogens (tertiary/aromatic N) is 1. The zero-order valence-corrected chi connectivity index (χ0v) is 15.7.